The minimum atomic E-state index is -0.368. The highest BCUT2D eigenvalue weighted by Gasteiger charge is 2.07. The van der Waals surface area contributed by atoms with Crippen LogP contribution in [0.4, 0.5) is 10.1 Å². The molecule has 21 heavy (non-hydrogen) atoms. The zero-order chi connectivity index (χ0) is 15.1. The van der Waals surface area contributed by atoms with Gasteiger partial charge in [0.2, 0.25) is 5.91 Å². The molecule has 0 saturated carbocycles. The van der Waals surface area contributed by atoms with Crippen LogP contribution in [0.15, 0.2) is 47.1 Å². The summed E-state index contributed by atoms with van der Waals surface area (Å²) in [4.78, 5) is 11.7. The molecule has 112 valence electrons. The molecule has 0 bridgehead atoms. The smallest absolute Gasteiger partial charge is 0.238 e. The summed E-state index contributed by atoms with van der Waals surface area (Å²) in [5.41, 5.74) is 0.463. The first-order valence-electron chi connectivity index (χ1n) is 6.94. The molecule has 1 atom stereocenters. The van der Waals surface area contributed by atoms with Crippen LogP contribution in [0, 0.1) is 5.82 Å². The van der Waals surface area contributed by atoms with Gasteiger partial charge in [-0.2, -0.15) is 0 Å². The van der Waals surface area contributed by atoms with Crippen LogP contribution < -0.4 is 10.6 Å². The van der Waals surface area contributed by atoms with Crippen molar-refractivity contribution in [2.45, 2.75) is 25.8 Å². The Kier molecular flexibility index (Phi) is 5.51. The van der Waals surface area contributed by atoms with E-state index in [0.717, 1.165) is 18.6 Å². The Morgan fingerprint density at radius 2 is 2.19 bits per heavy atom. The van der Waals surface area contributed by atoms with Crippen molar-refractivity contribution >= 4 is 11.6 Å². The van der Waals surface area contributed by atoms with Gasteiger partial charge >= 0.3 is 0 Å². The average Bonchev–Trinajstić information content (AvgIpc) is 2.96. The Balaban J connectivity index is 1.68. The van der Waals surface area contributed by atoms with Crippen LogP contribution >= 0.6 is 0 Å². The average molecular weight is 290 g/mol. The minimum absolute atomic E-state index is 0.188. The molecule has 2 rings (SSSR count). The van der Waals surface area contributed by atoms with E-state index in [0.29, 0.717) is 5.69 Å². The number of carbonyl (C=O) groups excluding carboxylic acids is 1. The number of anilines is 1. The largest absolute Gasteiger partial charge is 0.469 e. The Bertz CT molecular complexity index is 569. The second-order valence-electron chi connectivity index (χ2n) is 4.96. The van der Waals surface area contributed by atoms with Crippen LogP contribution in [0.3, 0.4) is 0 Å². The van der Waals surface area contributed by atoms with Crippen LogP contribution in [0.25, 0.3) is 0 Å². The molecule has 0 spiro atoms. The zero-order valence-electron chi connectivity index (χ0n) is 11.9. The van der Waals surface area contributed by atoms with Crippen LogP contribution in [-0.4, -0.2) is 18.5 Å². The molecule has 0 radical (unpaired) electrons. The lowest BCUT2D eigenvalue weighted by molar-refractivity contribution is -0.115. The SMILES string of the molecule is CC(CCc1ccco1)NCC(=O)Nc1cccc(F)c1. The van der Waals surface area contributed by atoms with Crippen LogP contribution in [0.1, 0.15) is 19.1 Å². The lowest BCUT2D eigenvalue weighted by Crippen LogP contribution is -2.34. The molecule has 0 saturated heterocycles. The summed E-state index contributed by atoms with van der Waals surface area (Å²) in [7, 11) is 0. The number of amides is 1. The lowest BCUT2D eigenvalue weighted by Gasteiger charge is -2.13. The molecule has 0 aliphatic heterocycles. The number of hydrogen-bond acceptors (Lipinski definition) is 3. The van der Waals surface area contributed by atoms with Gasteiger partial charge in [0.05, 0.1) is 12.8 Å². The highest BCUT2D eigenvalue weighted by Crippen LogP contribution is 2.09. The molecule has 4 nitrogen and oxygen atoms in total. The maximum absolute atomic E-state index is 13.0. The third-order valence-corrected chi connectivity index (χ3v) is 3.12. The molecule has 2 N–H and O–H groups in total. The Morgan fingerprint density at radius 3 is 2.90 bits per heavy atom. The van der Waals surface area contributed by atoms with Gasteiger partial charge in [0.1, 0.15) is 11.6 Å². The number of carbonyl (C=O) groups is 1. The molecule has 1 aromatic heterocycles. The van der Waals surface area contributed by atoms with Gasteiger partial charge in [0.25, 0.3) is 0 Å². The fourth-order valence-electron chi connectivity index (χ4n) is 1.95. The Hall–Kier alpha value is -2.14. The number of halogens is 1. The fraction of sp³-hybridized carbons (Fsp3) is 0.312. The maximum Gasteiger partial charge on any atom is 0.238 e. The zero-order valence-corrected chi connectivity index (χ0v) is 11.9. The van der Waals surface area contributed by atoms with E-state index in [-0.39, 0.29) is 24.3 Å². The lowest BCUT2D eigenvalue weighted by atomic mass is 10.1. The van der Waals surface area contributed by atoms with Crippen LogP contribution in [-0.2, 0) is 11.2 Å². The van der Waals surface area contributed by atoms with Crippen molar-refractivity contribution in [1.82, 2.24) is 5.32 Å². The van der Waals surface area contributed by atoms with Crippen molar-refractivity contribution in [1.29, 1.82) is 0 Å². The monoisotopic (exact) mass is 290 g/mol. The molecule has 1 heterocycles. The van der Waals surface area contributed by atoms with E-state index in [1.165, 1.54) is 12.1 Å². The number of nitrogens with one attached hydrogen (secondary N) is 2. The Morgan fingerprint density at radius 1 is 1.33 bits per heavy atom. The molecule has 2 aromatic rings. The molecule has 1 unspecified atom stereocenters. The molecular weight excluding hydrogens is 271 g/mol. The first-order chi connectivity index (χ1) is 10.1. The molecule has 1 amide bonds. The normalized spacial score (nSPS) is 12.1. The van der Waals surface area contributed by atoms with Crippen molar-refractivity contribution in [2.24, 2.45) is 0 Å². The van der Waals surface area contributed by atoms with Crippen LogP contribution in [0.5, 0.6) is 0 Å². The van der Waals surface area contributed by atoms with Gasteiger partial charge in [-0.25, -0.2) is 4.39 Å². The Labute approximate surface area is 123 Å². The van der Waals surface area contributed by atoms with Gasteiger partial charge in [0.15, 0.2) is 0 Å². The number of aryl methyl sites for hydroxylation is 1. The molecular formula is C16H19FN2O2. The van der Waals surface area contributed by atoms with Crippen molar-refractivity contribution in [3.63, 3.8) is 0 Å². The van der Waals surface area contributed by atoms with Crippen molar-refractivity contribution in [2.75, 3.05) is 11.9 Å². The van der Waals surface area contributed by atoms with E-state index in [1.807, 2.05) is 19.1 Å². The second-order valence-corrected chi connectivity index (χ2v) is 4.96. The number of furan rings is 1. The molecule has 1 aromatic carbocycles. The van der Waals surface area contributed by atoms with E-state index >= 15 is 0 Å². The summed E-state index contributed by atoms with van der Waals surface area (Å²) < 4.78 is 18.2. The topological polar surface area (TPSA) is 54.3 Å². The van der Waals surface area contributed by atoms with Crippen molar-refractivity contribution < 1.29 is 13.6 Å². The molecule has 0 aliphatic rings. The van der Waals surface area contributed by atoms with E-state index in [2.05, 4.69) is 10.6 Å². The van der Waals surface area contributed by atoms with Gasteiger partial charge in [-0.15, -0.1) is 0 Å². The van der Waals surface area contributed by atoms with Crippen molar-refractivity contribution in [3.05, 3.63) is 54.2 Å². The summed E-state index contributed by atoms with van der Waals surface area (Å²) >= 11 is 0. The highest BCUT2D eigenvalue weighted by atomic mass is 19.1. The van der Waals surface area contributed by atoms with E-state index in [1.54, 1.807) is 18.4 Å². The molecule has 0 aliphatic carbocycles. The van der Waals surface area contributed by atoms with Gasteiger partial charge in [-0.1, -0.05) is 6.07 Å². The number of rotatable bonds is 7. The summed E-state index contributed by atoms with van der Waals surface area (Å²) in [6.45, 7) is 2.20. The predicted octanol–water partition coefficient (Wildman–Crippen LogP) is 2.97. The van der Waals surface area contributed by atoms with E-state index in [4.69, 9.17) is 4.42 Å². The summed E-state index contributed by atoms with van der Waals surface area (Å²) in [6, 6.07) is 9.82. The van der Waals surface area contributed by atoms with Gasteiger partial charge in [-0.05, 0) is 43.7 Å². The summed E-state index contributed by atoms with van der Waals surface area (Å²) in [5.74, 6) is 0.380. The van der Waals surface area contributed by atoms with Crippen LogP contribution in [0.2, 0.25) is 0 Å². The summed E-state index contributed by atoms with van der Waals surface area (Å²) in [5, 5.41) is 5.78. The van der Waals surface area contributed by atoms with Gasteiger partial charge in [0, 0.05) is 18.2 Å². The third-order valence-electron chi connectivity index (χ3n) is 3.12. The highest BCUT2D eigenvalue weighted by molar-refractivity contribution is 5.92. The second kappa shape index (κ2) is 7.59. The minimum Gasteiger partial charge on any atom is -0.469 e. The first-order valence-corrected chi connectivity index (χ1v) is 6.94. The predicted molar refractivity (Wildman–Crippen MR) is 79.5 cm³/mol. The fourth-order valence-corrected chi connectivity index (χ4v) is 1.95. The first kappa shape index (κ1) is 15.3. The van der Waals surface area contributed by atoms with E-state index in [9.17, 15) is 9.18 Å². The standard InChI is InChI=1S/C16H19FN2O2/c1-12(7-8-15-6-3-9-21-15)18-11-16(20)19-14-5-2-4-13(17)10-14/h2-6,9-10,12,18H,7-8,11H2,1H3,(H,19,20). The van der Waals surface area contributed by atoms with Gasteiger partial charge < -0.3 is 15.1 Å². The van der Waals surface area contributed by atoms with E-state index < -0.39 is 0 Å². The third kappa shape index (κ3) is 5.39. The van der Waals surface area contributed by atoms with Gasteiger partial charge in [-0.3, -0.25) is 4.79 Å². The maximum atomic E-state index is 13.0. The molecule has 0 fully saturated rings. The van der Waals surface area contributed by atoms with Crippen molar-refractivity contribution in [3.8, 4) is 0 Å². The number of hydrogen-bond donors (Lipinski definition) is 2. The molecule has 5 heteroatoms. The number of benzene rings is 1. The summed E-state index contributed by atoms with van der Waals surface area (Å²) in [6.07, 6.45) is 3.35. The quantitative estimate of drug-likeness (QED) is 0.824.